The summed E-state index contributed by atoms with van der Waals surface area (Å²) in [6.07, 6.45) is 3.33. The van der Waals surface area contributed by atoms with Crippen molar-refractivity contribution in [2.45, 2.75) is 51.6 Å². The first-order chi connectivity index (χ1) is 11.3. The fourth-order valence-corrected chi connectivity index (χ4v) is 3.19. The number of urea groups is 1. The molecular weight excluding hydrogens is 349 g/mol. The Morgan fingerprint density at radius 2 is 1.92 bits per heavy atom. The second-order valence-corrected chi connectivity index (χ2v) is 7.27. The van der Waals surface area contributed by atoms with Crippen LogP contribution in [0.2, 0.25) is 10.0 Å². The lowest BCUT2D eigenvalue weighted by Gasteiger charge is -2.29. The molecule has 1 aromatic carbocycles. The zero-order chi connectivity index (χ0) is 17.7. The molecule has 0 radical (unpaired) electrons. The van der Waals surface area contributed by atoms with Crippen molar-refractivity contribution < 1.29 is 9.59 Å². The average molecular weight is 372 g/mol. The van der Waals surface area contributed by atoms with Crippen LogP contribution in [-0.4, -0.2) is 24.0 Å². The Morgan fingerprint density at radius 1 is 1.17 bits per heavy atom. The minimum atomic E-state index is -0.302. The van der Waals surface area contributed by atoms with Crippen molar-refractivity contribution in [2.24, 2.45) is 5.92 Å². The summed E-state index contributed by atoms with van der Waals surface area (Å²) in [5, 5.41) is 9.44. The van der Waals surface area contributed by atoms with Crippen molar-refractivity contribution in [1.82, 2.24) is 10.6 Å². The Balaban J connectivity index is 1.86. The van der Waals surface area contributed by atoms with Crippen molar-refractivity contribution in [3.63, 3.8) is 0 Å². The standard InChI is InChI=1S/C17H23Cl2N3O2/c1-10(2)20-16(23)11-4-3-5-12(8-11)21-17(24)22-13-6-7-14(18)15(19)9-13/h6-7,9-12H,3-5,8H2,1-2H3,(H,20,23)(H2,21,22,24). The van der Waals surface area contributed by atoms with Crippen LogP contribution in [0.5, 0.6) is 0 Å². The number of anilines is 1. The Bertz CT molecular complexity index is 607. The minimum absolute atomic E-state index is 0.00978. The molecule has 0 saturated heterocycles. The molecule has 1 aliphatic rings. The predicted molar refractivity (Wildman–Crippen MR) is 97.6 cm³/mol. The smallest absolute Gasteiger partial charge is 0.319 e. The second kappa shape index (κ2) is 8.58. The average Bonchev–Trinajstić information content (AvgIpc) is 2.50. The molecule has 1 saturated carbocycles. The van der Waals surface area contributed by atoms with E-state index in [0.29, 0.717) is 22.2 Å². The number of hydrogen-bond acceptors (Lipinski definition) is 2. The Labute approximate surface area is 152 Å². The molecule has 3 N–H and O–H groups in total. The van der Waals surface area contributed by atoms with E-state index in [4.69, 9.17) is 23.2 Å². The topological polar surface area (TPSA) is 70.2 Å². The summed E-state index contributed by atoms with van der Waals surface area (Å²) in [7, 11) is 0. The van der Waals surface area contributed by atoms with Gasteiger partial charge in [0.25, 0.3) is 0 Å². The van der Waals surface area contributed by atoms with Gasteiger partial charge in [-0.2, -0.15) is 0 Å². The van der Waals surface area contributed by atoms with Crippen LogP contribution in [0.1, 0.15) is 39.5 Å². The number of rotatable bonds is 4. The van der Waals surface area contributed by atoms with Crippen LogP contribution in [0, 0.1) is 5.92 Å². The van der Waals surface area contributed by atoms with Crippen molar-refractivity contribution in [2.75, 3.05) is 5.32 Å². The summed E-state index contributed by atoms with van der Waals surface area (Å²) < 4.78 is 0. The summed E-state index contributed by atoms with van der Waals surface area (Å²) in [6, 6.07) is 4.74. The van der Waals surface area contributed by atoms with Gasteiger partial charge in [0, 0.05) is 23.7 Å². The molecule has 24 heavy (non-hydrogen) atoms. The number of carbonyl (C=O) groups excluding carboxylic acids is 2. The van der Waals surface area contributed by atoms with E-state index in [9.17, 15) is 9.59 Å². The van der Waals surface area contributed by atoms with Crippen LogP contribution in [0.15, 0.2) is 18.2 Å². The number of benzene rings is 1. The van der Waals surface area contributed by atoms with E-state index in [1.54, 1.807) is 18.2 Å². The van der Waals surface area contributed by atoms with Gasteiger partial charge in [-0.25, -0.2) is 4.79 Å². The van der Waals surface area contributed by atoms with Gasteiger partial charge in [-0.05, 0) is 51.3 Å². The summed E-state index contributed by atoms with van der Waals surface area (Å²) in [5.74, 6) is 0.0258. The van der Waals surface area contributed by atoms with Gasteiger partial charge < -0.3 is 16.0 Å². The highest BCUT2D eigenvalue weighted by Gasteiger charge is 2.28. The molecule has 0 spiro atoms. The van der Waals surface area contributed by atoms with E-state index in [0.717, 1.165) is 19.3 Å². The van der Waals surface area contributed by atoms with Crippen LogP contribution in [-0.2, 0) is 4.79 Å². The van der Waals surface area contributed by atoms with Crippen molar-refractivity contribution in [1.29, 1.82) is 0 Å². The monoisotopic (exact) mass is 371 g/mol. The molecule has 0 bridgehead atoms. The highest BCUT2D eigenvalue weighted by molar-refractivity contribution is 6.42. The third kappa shape index (κ3) is 5.56. The molecule has 7 heteroatoms. The zero-order valence-electron chi connectivity index (χ0n) is 13.9. The van der Waals surface area contributed by atoms with Crippen LogP contribution in [0.25, 0.3) is 0 Å². The molecule has 1 fully saturated rings. The lowest BCUT2D eigenvalue weighted by atomic mass is 9.85. The number of carbonyl (C=O) groups is 2. The van der Waals surface area contributed by atoms with Gasteiger partial charge in [0.05, 0.1) is 10.0 Å². The van der Waals surface area contributed by atoms with Gasteiger partial charge in [-0.1, -0.05) is 29.6 Å². The maximum Gasteiger partial charge on any atom is 0.319 e. The molecule has 1 aliphatic carbocycles. The minimum Gasteiger partial charge on any atom is -0.354 e. The normalized spacial score (nSPS) is 20.5. The van der Waals surface area contributed by atoms with Crippen molar-refractivity contribution in [3.05, 3.63) is 28.2 Å². The number of hydrogen-bond donors (Lipinski definition) is 3. The molecule has 2 unspecified atom stereocenters. The van der Waals surface area contributed by atoms with Crippen molar-refractivity contribution >= 4 is 40.8 Å². The van der Waals surface area contributed by atoms with Crippen LogP contribution in [0.4, 0.5) is 10.5 Å². The summed E-state index contributed by atoms with van der Waals surface area (Å²) in [6.45, 7) is 3.89. The lowest BCUT2D eigenvalue weighted by Crippen LogP contribution is -2.44. The first-order valence-corrected chi connectivity index (χ1v) is 8.93. The number of amides is 3. The Kier molecular flexibility index (Phi) is 6.75. The van der Waals surface area contributed by atoms with E-state index in [1.165, 1.54) is 0 Å². The van der Waals surface area contributed by atoms with Gasteiger partial charge in [0.2, 0.25) is 5.91 Å². The van der Waals surface area contributed by atoms with Gasteiger partial charge in [-0.3, -0.25) is 4.79 Å². The summed E-state index contributed by atoms with van der Waals surface area (Å²) in [4.78, 5) is 24.3. The van der Waals surface area contributed by atoms with E-state index >= 15 is 0 Å². The molecule has 0 heterocycles. The molecule has 3 amide bonds. The van der Waals surface area contributed by atoms with Gasteiger partial charge in [0.1, 0.15) is 0 Å². The predicted octanol–water partition coefficient (Wildman–Crippen LogP) is 4.20. The first-order valence-electron chi connectivity index (χ1n) is 8.18. The third-order valence-corrected chi connectivity index (χ3v) is 4.73. The summed E-state index contributed by atoms with van der Waals surface area (Å²) >= 11 is 11.8. The first kappa shape index (κ1) is 18.9. The second-order valence-electron chi connectivity index (χ2n) is 6.45. The van der Waals surface area contributed by atoms with E-state index in [-0.39, 0.29) is 29.9 Å². The molecule has 2 atom stereocenters. The van der Waals surface area contributed by atoms with Crippen molar-refractivity contribution in [3.8, 4) is 0 Å². The van der Waals surface area contributed by atoms with Crippen LogP contribution < -0.4 is 16.0 Å². The highest BCUT2D eigenvalue weighted by atomic mass is 35.5. The maximum absolute atomic E-state index is 12.1. The largest absolute Gasteiger partial charge is 0.354 e. The molecule has 5 nitrogen and oxygen atoms in total. The molecule has 0 aliphatic heterocycles. The molecular formula is C17H23Cl2N3O2. The maximum atomic E-state index is 12.1. The Morgan fingerprint density at radius 3 is 2.58 bits per heavy atom. The summed E-state index contributed by atoms with van der Waals surface area (Å²) in [5.41, 5.74) is 0.576. The quantitative estimate of drug-likeness (QED) is 0.741. The molecule has 0 aromatic heterocycles. The Hall–Kier alpha value is -1.46. The van der Waals surface area contributed by atoms with E-state index in [1.807, 2.05) is 13.8 Å². The molecule has 132 valence electrons. The van der Waals surface area contributed by atoms with E-state index < -0.39 is 0 Å². The SMILES string of the molecule is CC(C)NC(=O)C1CCCC(NC(=O)Nc2ccc(Cl)c(Cl)c2)C1. The highest BCUT2D eigenvalue weighted by Crippen LogP contribution is 2.26. The third-order valence-electron chi connectivity index (χ3n) is 3.99. The fourth-order valence-electron chi connectivity index (χ4n) is 2.89. The van der Waals surface area contributed by atoms with Crippen LogP contribution >= 0.6 is 23.2 Å². The number of nitrogens with one attached hydrogen (secondary N) is 3. The van der Waals surface area contributed by atoms with Gasteiger partial charge in [0.15, 0.2) is 0 Å². The number of halogens is 2. The fraction of sp³-hybridized carbons (Fsp3) is 0.529. The molecule has 2 rings (SSSR count). The van der Waals surface area contributed by atoms with Gasteiger partial charge >= 0.3 is 6.03 Å². The van der Waals surface area contributed by atoms with Crippen LogP contribution in [0.3, 0.4) is 0 Å². The van der Waals surface area contributed by atoms with E-state index in [2.05, 4.69) is 16.0 Å². The molecule has 1 aromatic rings. The zero-order valence-corrected chi connectivity index (χ0v) is 15.4. The lowest BCUT2D eigenvalue weighted by molar-refractivity contribution is -0.126. The van der Waals surface area contributed by atoms with Gasteiger partial charge in [-0.15, -0.1) is 0 Å².